The van der Waals surface area contributed by atoms with Crippen molar-refractivity contribution < 1.29 is 14.6 Å². The molecule has 1 saturated heterocycles. The number of nitrogens with one attached hydrogen (secondary N) is 1. The van der Waals surface area contributed by atoms with Crippen LogP contribution in [0.3, 0.4) is 0 Å². The standard InChI is InChI=1S/C25H26ClN7O3/c1-16(34)24(35)32-11-9-31(10-12-32)17-6-7-20(22(13-17)36-2)29-25-27-15-19(26)23(30-25)18-14-28-33-8-4-3-5-21(18)33/h3-8,13-16,34H,9-12H2,1-2H3,(H,27,29,30). The lowest BCUT2D eigenvalue weighted by Gasteiger charge is -2.36. The van der Waals surface area contributed by atoms with Crippen LogP contribution < -0.4 is 15.0 Å². The van der Waals surface area contributed by atoms with Crippen molar-refractivity contribution in [2.24, 2.45) is 0 Å². The average Bonchev–Trinajstić information content (AvgIpc) is 3.33. The van der Waals surface area contributed by atoms with Gasteiger partial charge in [0.15, 0.2) is 0 Å². The maximum Gasteiger partial charge on any atom is 0.251 e. The first kappa shape index (κ1) is 23.8. The molecule has 10 nitrogen and oxygen atoms in total. The molecule has 1 aromatic carbocycles. The maximum atomic E-state index is 12.0. The van der Waals surface area contributed by atoms with E-state index < -0.39 is 6.10 Å². The lowest BCUT2D eigenvalue weighted by molar-refractivity contribution is -0.139. The zero-order chi connectivity index (χ0) is 25.2. The van der Waals surface area contributed by atoms with Crippen molar-refractivity contribution in [3.8, 4) is 17.0 Å². The van der Waals surface area contributed by atoms with Gasteiger partial charge in [-0.05, 0) is 31.2 Å². The number of nitrogens with zero attached hydrogens (tertiary/aromatic N) is 6. The van der Waals surface area contributed by atoms with Gasteiger partial charge in [0, 0.05) is 49.7 Å². The van der Waals surface area contributed by atoms with Crippen LogP contribution in [0.4, 0.5) is 17.3 Å². The van der Waals surface area contributed by atoms with Gasteiger partial charge >= 0.3 is 0 Å². The Balaban J connectivity index is 1.35. The van der Waals surface area contributed by atoms with Crippen LogP contribution in [0.25, 0.3) is 16.8 Å². The van der Waals surface area contributed by atoms with E-state index in [0.29, 0.717) is 54.3 Å². The van der Waals surface area contributed by atoms with E-state index in [9.17, 15) is 9.90 Å². The summed E-state index contributed by atoms with van der Waals surface area (Å²) >= 11 is 6.44. The highest BCUT2D eigenvalue weighted by molar-refractivity contribution is 6.33. The Bertz CT molecular complexity index is 1400. The van der Waals surface area contributed by atoms with E-state index >= 15 is 0 Å². The van der Waals surface area contributed by atoms with E-state index in [1.807, 2.05) is 42.6 Å². The molecular weight excluding hydrogens is 482 g/mol. The summed E-state index contributed by atoms with van der Waals surface area (Å²) in [5.74, 6) is 0.769. The molecule has 36 heavy (non-hydrogen) atoms. The number of carbonyl (C=O) groups is 1. The molecule has 4 aromatic rings. The highest BCUT2D eigenvalue weighted by atomic mass is 35.5. The van der Waals surface area contributed by atoms with Crippen LogP contribution in [0.2, 0.25) is 5.02 Å². The van der Waals surface area contributed by atoms with Gasteiger partial charge in [0.25, 0.3) is 5.91 Å². The highest BCUT2D eigenvalue weighted by Crippen LogP contribution is 2.34. The number of aromatic nitrogens is 4. The monoisotopic (exact) mass is 507 g/mol. The second kappa shape index (κ2) is 10.00. The summed E-state index contributed by atoms with van der Waals surface area (Å²) in [6.45, 7) is 3.93. The molecule has 1 atom stereocenters. The topological polar surface area (TPSA) is 108 Å². The van der Waals surface area contributed by atoms with E-state index in [0.717, 1.165) is 16.8 Å². The molecule has 1 unspecified atom stereocenters. The van der Waals surface area contributed by atoms with Gasteiger partial charge in [0.2, 0.25) is 5.95 Å². The van der Waals surface area contributed by atoms with Crippen molar-refractivity contribution in [1.82, 2.24) is 24.5 Å². The summed E-state index contributed by atoms with van der Waals surface area (Å²) in [5.41, 5.74) is 3.96. The van der Waals surface area contributed by atoms with Crippen molar-refractivity contribution >= 4 is 40.3 Å². The molecule has 4 heterocycles. The van der Waals surface area contributed by atoms with Crippen LogP contribution >= 0.6 is 11.6 Å². The van der Waals surface area contributed by atoms with E-state index in [1.54, 1.807) is 28.9 Å². The number of hydrogen-bond donors (Lipinski definition) is 2. The molecule has 1 amide bonds. The van der Waals surface area contributed by atoms with Crippen molar-refractivity contribution in [2.75, 3.05) is 43.5 Å². The van der Waals surface area contributed by atoms with Crippen molar-refractivity contribution in [2.45, 2.75) is 13.0 Å². The number of carbonyl (C=O) groups excluding carboxylic acids is 1. The molecule has 0 saturated carbocycles. The molecule has 0 spiro atoms. The van der Waals surface area contributed by atoms with Gasteiger partial charge in [-0.25, -0.2) is 14.5 Å². The summed E-state index contributed by atoms with van der Waals surface area (Å²) in [5, 5.41) is 17.6. The minimum absolute atomic E-state index is 0.238. The minimum Gasteiger partial charge on any atom is -0.494 e. The van der Waals surface area contributed by atoms with Gasteiger partial charge in [0.05, 0.1) is 41.4 Å². The number of benzene rings is 1. The molecule has 1 aliphatic rings. The largest absolute Gasteiger partial charge is 0.494 e. The van der Waals surface area contributed by atoms with E-state index in [2.05, 4.69) is 25.3 Å². The second-order valence-corrected chi connectivity index (χ2v) is 8.88. The molecule has 11 heteroatoms. The Labute approximate surface area is 213 Å². The zero-order valence-corrected chi connectivity index (χ0v) is 20.7. The van der Waals surface area contributed by atoms with Gasteiger partial charge in [-0.3, -0.25) is 4.79 Å². The first-order chi connectivity index (χ1) is 17.4. The van der Waals surface area contributed by atoms with Crippen LogP contribution in [-0.2, 0) is 4.79 Å². The third-order valence-electron chi connectivity index (χ3n) is 6.17. The number of methoxy groups -OCH3 is 1. The third kappa shape index (κ3) is 4.65. The normalized spacial score (nSPS) is 14.7. The predicted octanol–water partition coefficient (Wildman–Crippen LogP) is 3.23. The van der Waals surface area contributed by atoms with Crippen LogP contribution in [0.1, 0.15) is 6.92 Å². The fraction of sp³-hybridized carbons (Fsp3) is 0.280. The SMILES string of the molecule is COc1cc(N2CCN(C(=O)C(C)O)CC2)ccc1Nc1ncc(Cl)c(-c2cnn3ccccc23)n1. The Kier molecular flexibility index (Phi) is 6.62. The zero-order valence-electron chi connectivity index (χ0n) is 19.9. The average molecular weight is 508 g/mol. The van der Waals surface area contributed by atoms with Gasteiger partial charge < -0.3 is 25.0 Å². The summed E-state index contributed by atoms with van der Waals surface area (Å²) in [7, 11) is 1.61. The lowest BCUT2D eigenvalue weighted by Crippen LogP contribution is -2.51. The lowest BCUT2D eigenvalue weighted by atomic mass is 10.2. The molecule has 1 fully saturated rings. The van der Waals surface area contributed by atoms with E-state index in [-0.39, 0.29) is 5.91 Å². The summed E-state index contributed by atoms with van der Waals surface area (Å²) in [6, 6.07) is 11.6. The number of aliphatic hydroxyl groups is 1. The first-order valence-corrected chi connectivity index (χ1v) is 11.9. The molecule has 3 aromatic heterocycles. The predicted molar refractivity (Wildman–Crippen MR) is 138 cm³/mol. The summed E-state index contributed by atoms with van der Waals surface area (Å²) in [4.78, 5) is 24.9. The number of anilines is 3. The number of ether oxygens (including phenoxy) is 1. The number of piperazine rings is 1. The van der Waals surface area contributed by atoms with E-state index in [1.165, 1.54) is 6.92 Å². The Morgan fingerprint density at radius 3 is 2.72 bits per heavy atom. The number of hydrogen-bond acceptors (Lipinski definition) is 8. The third-order valence-corrected chi connectivity index (χ3v) is 6.45. The second-order valence-electron chi connectivity index (χ2n) is 8.48. The van der Waals surface area contributed by atoms with Gasteiger partial charge in [-0.15, -0.1) is 0 Å². The molecule has 0 aliphatic carbocycles. The van der Waals surface area contributed by atoms with Crippen LogP contribution in [0, 0.1) is 0 Å². The minimum atomic E-state index is -0.981. The molecule has 0 radical (unpaired) electrons. The molecule has 2 N–H and O–H groups in total. The van der Waals surface area contributed by atoms with Gasteiger partial charge in [0.1, 0.15) is 11.9 Å². The van der Waals surface area contributed by atoms with Crippen molar-refractivity contribution in [1.29, 1.82) is 0 Å². The summed E-state index contributed by atoms with van der Waals surface area (Å²) < 4.78 is 7.41. The van der Waals surface area contributed by atoms with Crippen LogP contribution in [0.15, 0.2) is 55.0 Å². The Morgan fingerprint density at radius 2 is 1.97 bits per heavy atom. The van der Waals surface area contributed by atoms with Crippen molar-refractivity contribution in [3.05, 3.63) is 60.0 Å². The number of aliphatic hydroxyl groups excluding tert-OH is 1. The fourth-order valence-electron chi connectivity index (χ4n) is 4.28. The van der Waals surface area contributed by atoms with E-state index in [4.69, 9.17) is 16.3 Å². The quantitative estimate of drug-likeness (QED) is 0.409. The molecule has 0 bridgehead atoms. The van der Waals surface area contributed by atoms with Gasteiger partial charge in [-0.1, -0.05) is 17.7 Å². The Hall–Kier alpha value is -3.89. The number of rotatable bonds is 6. The van der Waals surface area contributed by atoms with Crippen LogP contribution in [-0.4, -0.2) is 74.9 Å². The van der Waals surface area contributed by atoms with Crippen LogP contribution in [0.5, 0.6) is 5.75 Å². The Morgan fingerprint density at radius 1 is 1.17 bits per heavy atom. The first-order valence-electron chi connectivity index (χ1n) is 11.6. The maximum absolute atomic E-state index is 12.0. The van der Waals surface area contributed by atoms with Gasteiger partial charge in [-0.2, -0.15) is 5.10 Å². The molecule has 186 valence electrons. The molecule has 5 rings (SSSR count). The number of fused-ring (bicyclic) bond motifs is 1. The number of halogens is 1. The number of amides is 1. The molecule has 1 aliphatic heterocycles. The number of pyridine rings is 1. The smallest absolute Gasteiger partial charge is 0.251 e. The van der Waals surface area contributed by atoms with Crippen molar-refractivity contribution in [3.63, 3.8) is 0 Å². The molecular formula is C25H26ClN7O3. The fourth-order valence-corrected chi connectivity index (χ4v) is 4.48. The summed E-state index contributed by atoms with van der Waals surface area (Å²) in [6.07, 6.45) is 4.18. The highest BCUT2D eigenvalue weighted by Gasteiger charge is 2.24.